The molecule has 2 rings (SSSR count). The lowest BCUT2D eigenvalue weighted by molar-refractivity contribution is 0.470. The molecule has 0 fully saturated rings. The van der Waals surface area contributed by atoms with Gasteiger partial charge in [0.25, 0.3) is 0 Å². The van der Waals surface area contributed by atoms with Gasteiger partial charge >= 0.3 is 0 Å². The Morgan fingerprint density at radius 1 is 1.19 bits per heavy atom. The third-order valence-electron chi connectivity index (χ3n) is 3.49. The van der Waals surface area contributed by atoms with Crippen molar-refractivity contribution in [3.63, 3.8) is 0 Å². The van der Waals surface area contributed by atoms with Gasteiger partial charge in [-0.25, -0.2) is 9.67 Å². The highest BCUT2D eigenvalue weighted by Crippen LogP contribution is 2.26. The summed E-state index contributed by atoms with van der Waals surface area (Å²) < 4.78 is 1.94. The van der Waals surface area contributed by atoms with Crippen LogP contribution in [-0.4, -0.2) is 27.9 Å². The van der Waals surface area contributed by atoms with Gasteiger partial charge in [-0.15, -0.1) is 0 Å². The summed E-state index contributed by atoms with van der Waals surface area (Å²) in [6.45, 7) is 4.19. The molecule has 0 radical (unpaired) electrons. The van der Waals surface area contributed by atoms with E-state index in [9.17, 15) is 0 Å². The predicted molar refractivity (Wildman–Crippen MR) is 87.1 cm³/mol. The van der Waals surface area contributed by atoms with Crippen LogP contribution in [0.1, 0.15) is 31.3 Å². The molecule has 21 heavy (non-hydrogen) atoms. The lowest BCUT2D eigenvalue weighted by atomic mass is 10.0. The molecule has 1 heterocycles. The van der Waals surface area contributed by atoms with Crippen LogP contribution in [0.5, 0.6) is 0 Å². The average molecular weight is 327 g/mol. The average Bonchev–Trinajstić information content (AvgIpc) is 2.90. The Labute approximate surface area is 135 Å². The van der Waals surface area contributed by atoms with Crippen molar-refractivity contribution in [2.75, 3.05) is 7.05 Å². The summed E-state index contributed by atoms with van der Waals surface area (Å²) in [5, 5.41) is 8.99. The first kappa shape index (κ1) is 16.3. The van der Waals surface area contributed by atoms with Gasteiger partial charge in [0.1, 0.15) is 12.2 Å². The molecule has 1 aromatic carbocycles. The predicted octanol–water partition coefficient (Wildman–Crippen LogP) is 3.54. The van der Waals surface area contributed by atoms with Gasteiger partial charge in [0.15, 0.2) is 0 Å². The molecule has 0 amide bonds. The molecule has 0 aliphatic rings. The van der Waals surface area contributed by atoms with Gasteiger partial charge in [-0.05, 0) is 45.0 Å². The third-order valence-corrected chi connectivity index (χ3v) is 4.19. The van der Waals surface area contributed by atoms with Crippen LogP contribution in [0.2, 0.25) is 10.0 Å². The zero-order valence-corrected chi connectivity index (χ0v) is 14.0. The van der Waals surface area contributed by atoms with E-state index in [-0.39, 0.29) is 6.04 Å². The van der Waals surface area contributed by atoms with E-state index < -0.39 is 0 Å². The molecule has 0 aliphatic carbocycles. The van der Waals surface area contributed by atoms with Crippen molar-refractivity contribution in [2.24, 2.45) is 0 Å². The maximum Gasteiger partial charge on any atom is 0.138 e. The fourth-order valence-electron chi connectivity index (χ4n) is 2.32. The summed E-state index contributed by atoms with van der Waals surface area (Å²) >= 11 is 12.5. The smallest absolute Gasteiger partial charge is 0.138 e. The van der Waals surface area contributed by atoms with E-state index in [2.05, 4.69) is 29.2 Å². The number of hydrogen-bond donors (Lipinski definition) is 1. The first-order chi connectivity index (χ1) is 10.0. The van der Waals surface area contributed by atoms with Gasteiger partial charge in [-0.1, -0.05) is 29.3 Å². The van der Waals surface area contributed by atoms with Crippen LogP contribution in [0.15, 0.2) is 24.5 Å². The van der Waals surface area contributed by atoms with Crippen LogP contribution in [-0.2, 0) is 12.8 Å². The Morgan fingerprint density at radius 2 is 1.86 bits per heavy atom. The number of hydrogen-bond acceptors (Lipinski definition) is 3. The van der Waals surface area contributed by atoms with Crippen LogP contribution in [0.25, 0.3) is 0 Å². The molecular formula is C15H20Cl2N4. The molecule has 1 atom stereocenters. The van der Waals surface area contributed by atoms with Crippen molar-refractivity contribution < 1.29 is 0 Å². The van der Waals surface area contributed by atoms with Gasteiger partial charge < -0.3 is 5.32 Å². The minimum absolute atomic E-state index is 0.198. The fraction of sp³-hybridized carbons (Fsp3) is 0.467. The highest BCUT2D eigenvalue weighted by molar-refractivity contribution is 6.36. The van der Waals surface area contributed by atoms with E-state index in [1.54, 1.807) is 6.33 Å². The molecule has 6 heteroatoms. The molecule has 0 spiro atoms. The molecular weight excluding hydrogens is 307 g/mol. The van der Waals surface area contributed by atoms with Crippen molar-refractivity contribution in [3.05, 3.63) is 46.0 Å². The van der Waals surface area contributed by atoms with Crippen LogP contribution in [0.4, 0.5) is 0 Å². The number of aromatic nitrogens is 3. The Bertz CT molecular complexity index is 575. The number of benzene rings is 1. The number of halogens is 2. The highest BCUT2D eigenvalue weighted by atomic mass is 35.5. The molecule has 0 bridgehead atoms. The maximum absolute atomic E-state index is 6.25. The van der Waals surface area contributed by atoms with Crippen LogP contribution in [0.3, 0.4) is 0 Å². The van der Waals surface area contributed by atoms with Gasteiger partial charge in [-0.3, -0.25) is 0 Å². The largest absolute Gasteiger partial charge is 0.316 e. The molecule has 114 valence electrons. The van der Waals surface area contributed by atoms with Crippen molar-refractivity contribution in [2.45, 2.75) is 38.8 Å². The topological polar surface area (TPSA) is 42.7 Å². The van der Waals surface area contributed by atoms with Gasteiger partial charge in [0.2, 0.25) is 0 Å². The molecule has 1 unspecified atom stereocenters. The lowest BCUT2D eigenvalue weighted by Gasteiger charge is -2.18. The highest BCUT2D eigenvalue weighted by Gasteiger charge is 2.17. The lowest BCUT2D eigenvalue weighted by Crippen LogP contribution is -2.31. The Hall–Kier alpha value is -1.10. The van der Waals surface area contributed by atoms with E-state index >= 15 is 0 Å². The summed E-state index contributed by atoms with van der Waals surface area (Å²) in [6.07, 6.45) is 3.13. The fourth-order valence-corrected chi connectivity index (χ4v) is 2.87. The van der Waals surface area contributed by atoms with Crippen LogP contribution in [0, 0.1) is 0 Å². The molecule has 2 aromatic rings. The molecule has 1 N–H and O–H groups in total. The number of likely N-dealkylation sites (N-methyl/N-ethyl adjacent to an activating group) is 1. The molecule has 1 aromatic heterocycles. The summed E-state index contributed by atoms with van der Waals surface area (Å²) in [6, 6.07) is 6.09. The Morgan fingerprint density at radius 3 is 2.43 bits per heavy atom. The van der Waals surface area contributed by atoms with E-state index in [1.165, 1.54) is 0 Å². The standard InChI is InChI=1S/C15H20Cl2N4/c1-10(2)21-15(19-9-20-21)8-11(18-3)7-12-13(16)5-4-6-14(12)17/h4-6,9-11,18H,7-8H2,1-3H3. The van der Waals surface area contributed by atoms with E-state index in [4.69, 9.17) is 23.2 Å². The second-order valence-corrected chi connectivity index (χ2v) is 6.12. The van der Waals surface area contributed by atoms with E-state index in [0.717, 1.165) is 24.2 Å². The first-order valence-corrected chi connectivity index (χ1v) is 7.77. The monoisotopic (exact) mass is 326 g/mol. The van der Waals surface area contributed by atoms with E-state index in [1.807, 2.05) is 29.9 Å². The zero-order valence-electron chi connectivity index (χ0n) is 12.5. The number of nitrogens with one attached hydrogen (secondary N) is 1. The zero-order chi connectivity index (χ0) is 15.4. The normalized spacial score (nSPS) is 12.9. The molecule has 4 nitrogen and oxygen atoms in total. The van der Waals surface area contributed by atoms with Gasteiger partial charge in [0, 0.05) is 28.5 Å². The summed E-state index contributed by atoms with van der Waals surface area (Å²) in [4.78, 5) is 4.36. The molecule has 0 aliphatic heterocycles. The minimum Gasteiger partial charge on any atom is -0.316 e. The Kier molecular flexibility index (Phi) is 5.62. The minimum atomic E-state index is 0.198. The number of rotatable bonds is 6. The second kappa shape index (κ2) is 7.25. The van der Waals surface area contributed by atoms with Crippen molar-refractivity contribution in [1.82, 2.24) is 20.1 Å². The van der Waals surface area contributed by atoms with Crippen LogP contribution < -0.4 is 5.32 Å². The van der Waals surface area contributed by atoms with Crippen molar-refractivity contribution in [3.8, 4) is 0 Å². The second-order valence-electron chi connectivity index (χ2n) is 5.31. The Balaban J connectivity index is 2.15. The summed E-state index contributed by atoms with van der Waals surface area (Å²) in [5.74, 6) is 0.965. The summed E-state index contributed by atoms with van der Waals surface area (Å²) in [7, 11) is 1.94. The van der Waals surface area contributed by atoms with Crippen LogP contribution >= 0.6 is 23.2 Å². The van der Waals surface area contributed by atoms with E-state index in [0.29, 0.717) is 16.1 Å². The molecule has 0 saturated carbocycles. The third kappa shape index (κ3) is 3.96. The van der Waals surface area contributed by atoms with Crippen molar-refractivity contribution >= 4 is 23.2 Å². The summed E-state index contributed by atoms with van der Waals surface area (Å²) in [5.41, 5.74) is 0.968. The van der Waals surface area contributed by atoms with Gasteiger partial charge in [-0.2, -0.15) is 5.10 Å². The SMILES string of the molecule is CNC(Cc1c(Cl)cccc1Cl)Cc1ncnn1C(C)C. The van der Waals surface area contributed by atoms with Gasteiger partial charge in [0.05, 0.1) is 0 Å². The first-order valence-electron chi connectivity index (χ1n) is 7.01. The number of nitrogens with zero attached hydrogens (tertiary/aromatic N) is 3. The quantitative estimate of drug-likeness (QED) is 0.882. The maximum atomic E-state index is 6.25. The van der Waals surface area contributed by atoms with Crippen molar-refractivity contribution in [1.29, 1.82) is 0 Å². The molecule has 0 saturated heterocycles.